The Morgan fingerprint density at radius 1 is 1.69 bits per heavy atom. The summed E-state index contributed by atoms with van der Waals surface area (Å²) in [5.74, 6) is 0. The van der Waals surface area contributed by atoms with Crippen LogP contribution in [-0.4, -0.2) is 17.6 Å². The molecule has 4 heteroatoms. The molecular formula is C9H14ClN3. The summed E-state index contributed by atoms with van der Waals surface area (Å²) in [6, 6.07) is 2.21. The van der Waals surface area contributed by atoms with E-state index >= 15 is 0 Å². The first-order chi connectivity index (χ1) is 6.24. The van der Waals surface area contributed by atoms with Gasteiger partial charge in [-0.1, -0.05) is 11.6 Å². The van der Waals surface area contributed by atoms with Gasteiger partial charge in [0.1, 0.15) is 0 Å². The minimum absolute atomic E-state index is 0.309. The van der Waals surface area contributed by atoms with Gasteiger partial charge in [-0.3, -0.25) is 4.98 Å². The minimum atomic E-state index is 0.309. The number of nitrogens with zero attached hydrogens (tertiary/aromatic N) is 1. The van der Waals surface area contributed by atoms with Crippen molar-refractivity contribution in [2.45, 2.75) is 19.5 Å². The van der Waals surface area contributed by atoms with Crippen molar-refractivity contribution in [2.24, 2.45) is 5.73 Å². The van der Waals surface area contributed by atoms with Crippen LogP contribution in [0.5, 0.6) is 0 Å². The summed E-state index contributed by atoms with van der Waals surface area (Å²) in [7, 11) is 0. The third-order valence-electron chi connectivity index (χ3n) is 1.85. The van der Waals surface area contributed by atoms with Crippen LogP contribution < -0.4 is 11.1 Å². The van der Waals surface area contributed by atoms with E-state index in [0.717, 1.165) is 12.1 Å². The largest absolute Gasteiger partial charge is 0.329 e. The molecule has 0 saturated heterocycles. The molecule has 3 N–H and O–H groups in total. The van der Waals surface area contributed by atoms with E-state index in [4.69, 9.17) is 17.3 Å². The van der Waals surface area contributed by atoms with Crippen LogP contribution in [0.2, 0.25) is 5.02 Å². The van der Waals surface area contributed by atoms with Crippen molar-refractivity contribution in [3.8, 4) is 0 Å². The number of pyridine rings is 1. The van der Waals surface area contributed by atoms with E-state index in [9.17, 15) is 0 Å². The summed E-state index contributed by atoms with van der Waals surface area (Å²) in [4.78, 5) is 3.91. The highest BCUT2D eigenvalue weighted by Crippen LogP contribution is 2.12. The summed E-state index contributed by atoms with van der Waals surface area (Å²) in [6.07, 6.45) is 3.38. The second-order valence-electron chi connectivity index (χ2n) is 2.98. The maximum absolute atomic E-state index is 5.92. The molecule has 0 aliphatic carbocycles. The SMILES string of the molecule is C[C@H](CN)NCc1ccncc1Cl. The van der Waals surface area contributed by atoms with Gasteiger partial charge in [0.25, 0.3) is 0 Å². The van der Waals surface area contributed by atoms with Crippen molar-refractivity contribution in [3.05, 3.63) is 29.0 Å². The Kier molecular flexibility index (Phi) is 4.15. The van der Waals surface area contributed by atoms with Crippen molar-refractivity contribution in [1.29, 1.82) is 0 Å². The van der Waals surface area contributed by atoms with Gasteiger partial charge in [-0.05, 0) is 18.6 Å². The lowest BCUT2D eigenvalue weighted by atomic mass is 10.2. The smallest absolute Gasteiger partial charge is 0.0634 e. The number of nitrogens with two attached hydrogens (primary N) is 1. The third kappa shape index (κ3) is 3.30. The monoisotopic (exact) mass is 199 g/mol. The van der Waals surface area contributed by atoms with Crippen LogP contribution in [0.3, 0.4) is 0 Å². The predicted molar refractivity (Wildman–Crippen MR) is 54.6 cm³/mol. The molecule has 72 valence electrons. The predicted octanol–water partition coefficient (Wildman–Crippen LogP) is 1.17. The average molecular weight is 200 g/mol. The van der Waals surface area contributed by atoms with Crippen molar-refractivity contribution < 1.29 is 0 Å². The first-order valence-electron chi connectivity index (χ1n) is 4.26. The molecule has 0 radical (unpaired) electrons. The fraction of sp³-hybridized carbons (Fsp3) is 0.444. The molecule has 1 aromatic rings. The van der Waals surface area contributed by atoms with Gasteiger partial charge in [0, 0.05) is 31.5 Å². The topological polar surface area (TPSA) is 50.9 Å². The molecule has 0 aromatic carbocycles. The second-order valence-corrected chi connectivity index (χ2v) is 3.39. The van der Waals surface area contributed by atoms with Gasteiger partial charge in [-0.25, -0.2) is 0 Å². The van der Waals surface area contributed by atoms with E-state index in [1.165, 1.54) is 0 Å². The average Bonchev–Trinajstić information content (AvgIpc) is 2.16. The summed E-state index contributed by atoms with van der Waals surface area (Å²) in [5, 5.41) is 3.95. The maximum Gasteiger partial charge on any atom is 0.0634 e. The van der Waals surface area contributed by atoms with Crippen molar-refractivity contribution in [2.75, 3.05) is 6.54 Å². The number of nitrogens with one attached hydrogen (secondary N) is 1. The molecule has 13 heavy (non-hydrogen) atoms. The van der Waals surface area contributed by atoms with Gasteiger partial charge >= 0.3 is 0 Å². The molecule has 1 atom stereocenters. The lowest BCUT2D eigenvalue weighted by Gasteiger charge is -2.11. The van der Waals surface area contributed by atoms with E-state index < -0.39 is 0 Å². The molecule has 0 saturated carbocycles. The van der Waals surface area contributed by atoms with Crippen molar-refractivity contribution in [3.63, 3.8) is 0 Å². The Balaban J connectivity index is 2.50. The Morgan fingerprint density at radius 3 is 3.08 bits per heavy atom. The highest BCUT2D eigenvalue weighted by Gasteiger charge is 2.01. The van der Waals surface area contributed by atoms with E-state index in [2.05, 4.69) is 10.3 Å². The van der Waals surface area contributed by atoms with Crippen LogP contribution in [0, 0.1) is 0 Å². The summed E-state index contributed by atoms with van der Waals surface area (Å²) >= 11 is 5.92. The fourth-order valence-corrected chi connectivity index (χ4v) is 1.10. The first-order valence-corrected chi connectivity index (χ1v) is 4.63. The fourth-order valence-electron chi connectivity index (χ4n) is 0.915. The molecule has 0 aliphatic heterocycles. The zero-order chi connectivity index (χ0) is 9.68. The van der Waals surface area contributed by atoms with E-state index in [1.54, 1.807) is 12.4 Å². The zero-order valence-electron chi connectivity index (χ0n) is 7.63. The lowest BCUT2D eigenvalue weighted by molar-refractivity contribution is 0.556. The quantitative estimate of drug-likeness (QED) is 0.766. The van der Waals surface area contributed by atoms with Gasteiger partial charge in [0.15, 0.2) is 0 Å². The summed E-state index contributed by atoms with van der Waals surface area (Å²) in [6.45, 7) is 3.40. The number of hydrogen-bond acceptors (Lipinski definition) is 3. The molecule has 1 heterocycles. The van der Waals surface area contributed by atoms with Crippen molar-refractivity contribution in [1.82, 2.24) is 10.3 Å². The van der Waals surface area contributed by atoms with Gasteiger partial charge in [-0.2, -0.15) is 0 Å². The highest BCUT2D eigenvalue weighted by molar-refractivity contribution is 6.31. The van der Waals surface area contributed by atoms with E-state index in [-0.39, 0.29) is 0 Å². The van der Waals surface area contributed by atoms with Crippen LogP contribution in [0.25, 0.3) is 0 Å². The molecule has 0 unspecified atom stereocenters. The number of halogens is 1. The van der Waals surface area contributed by atoms with Gasteiger partial charge < -0.3 is 11.1 Å². The van der Waals surface area contributed by atoms with Gasteiger partial charge in [-0.15, -0.1) is 0 Å². The summed E-state index contributed by atoms with van der Waals surface area (Å²) in [5.41, 5.74) is 6.52. The first kappa shape index (κ1) is 10.4. The van der Waals surface area contributed by atoms with E-state index in [1.807, 2.05) is 13.0 Å². The Hall–Kier alpha value is -0.640. The molecule has 1 aromatic heterocycles. The molecule has 0 aliphatic rings. The normalized spacial score (nSPS) is 12.8. The molecule has 3 nitrogen and oxygen atoms in total. The third-order valence-corrected chi connectivity index (χ3v) is 2.19. The molecular weight excluding hydrogens is 186 g/mol. The van der Waals surface area contributed by atoms with Crippen LogP contribution in [0.15, 0.2) is 18.5 Å². The summed E-state index contributed by atoms with van der Waals surface area (Å²) < 4.78 is 0. The molecule has 0 bridgehead atoms. The zero-order valence-corrected chi connectivity index (χ0v) is 8.38. The van der Waals surface area contributed by atoms with Crippen LogP contribution >= 0.6 is 11.6 Å². The number of hydrogen-bond donors (Lipinski definition) is 2. The second kappa shape index (κ2) is 5.17. The van der Waals surface area contributed by atoms with Crippen LogP contribution in [0.4, 0.5) is 0 Å². The number of rotatable bonds is 4. The highest BCUT2D eigenvalue weighted by atomic mass is 35.5. The molecule has 1 rings (SSSR count). The Morgan fingerprint density at radius 2 is 2.46 bits per heavy atom. The minimum Gasteiger partial charge on any atom is -0.329 e. The maximum atomic E-state index is 5.92. The lowest BCUT2D eigenvalue weighted by Crippen LogP contribution is -2.32. The standard InChI is InChI=1S/C9H14ClN3/c1-7(4-11)13-5-8-2-3-12-6-9(8)10/h2-3,6-7,13H,4-5,11H2,1H3/t7-/m1/s1. The number of aromatic nitrogens is 1. The molecule has 0 fully saturated rings. The van der Waals surface area contributed by atoms with Crippen molar-refractivity contribution >= 4 is 11.6 Å². The van der Waals surface area contributed by atoms with Gasteiger partial charge in [0.2, 0.25) is 0 Å². The van der Waals surface area contributed by atoms with Gasteiger partial charge in [0.05, 0.1) is 5.02 Å². The Bertz CT molecular complexity index is 265. The molecule has 0 spiro atoms. The molecule has 0 amide bonds. The Labute approximate surface area is 83.3 Å². The van der Waals surface area contributed by atoms with Crippen LogP contribution in [-0.2, 0) is 6.54 Å². The van der Waals surface area contributed by atoms with E-state index in [0.29, 0.717) is 17.6 Å². The van der Waals surface area contributed by atoms with Crippen LogP contribution in [0.1, 0.15) is 12.5 Å².